The van der Waals surface area contributed by atoms with Crippen molar-refractivity contribution in [2.75, 3.05) is 13.2 Å². The molecule has 3 rings (SSSR count). The molecule has 168 valence electrons. The van der Waals surface area contributed by atoms with Gasteiger partial charge in [0, 0.05) is 36.2 Å². The van der Waals surface area contributed by atoms with Crippen LogP contribution in [-0.2, 0) is 26.2 Å². The molecule has 0 unspecified atom stereocenters. The number of hydrogen-bond acceptors (Lipinski definition) is 5. The molecule has 0 N–H and O–H groups in total. The first-order valence-corrected chi connectivity index (χ1v) is 11.8. The normalized spacial score (nSPS) is 16.5. The summed E-state index contributed by atoms with van der Waals surface area (Å²) >= 11 is 6.14. The van der Waals surface area contributed by atoms with Crippen molar-refractivity contribution in [3.8, 4) is 5.75 Å². The quantitative estimate of drug-likeness (QED) is 0.535. The van der Waals surface area contributed by atoms with Gasteiger partial charge in [-0.25, -0.2) is 4.39 Å². The van der Waals surface area contributed by atoms with E-state index in [4.69, 9.17) is 20.5 Å². The fourth-order valence-electron chi connectivity index (χ4n) is 3.36. The largest absolute Gasteiger partial charge is 0.379 e. The number of halogens is 2. The minimum absolute atomic E-state index is 0.0580. The summed E-state index contributed by atoms with van der Waals surface area (Å²) in [6.07, 6.45) is 1.74. The Kier molecular flexibility index (Phi) is 7.56. The van der Waals surface area contributed by atoms with Crippen LogP contribution in [0.25, 0.3) is 0 Å². The standard InChI is InChI=1S/C22H25ClFNO5S/c1-15(2)22(26)25(14-19-4-3-11-29-19)13-16-12-17(23)5-10-21(16)30-31(27,28)20-8-6-18(24)7-9-20/h5-10,12,15,19H,3-4,11,13-14H2,1-2H3/t19-/m1/s1. The number of carbonyl (C=O) groups excluding carboxylic acids is 1. The molecule has 0 radical (unpaired) electrons. The fourth-order valence-corrected chi connectivity index (χ4v) is 4.52. The second-order valence-corrected chi connectivity index (χ2v) is 9.73. The van der Waals surface area contributed by atoms with Crippen LogP contribution in [0.15, 0.2) is 47.4 Å². The third kappa shape index (κ3) is 6.18. The van der Waals surface area contributed by atoms with Crippen LogP contribution in [0.3, 0.4) is 0 Å². The Morgan fingerprint density at radius 3 is 2.58 bits per heavy atom. The summed E-state index contributed by atoms with van der Waals surface area (Å²) < 4.78 is 49.5. The van der Waals surface area contributed by atoms with Crippen LogP contribution in [0.2, 0.25) is 5.02 Å². The van der Waals surface area contributed by atoms with Gasteiger partial charge >= 0.3 is 10.1 Å². The Morgan fingerprint density at radius 2 is 1.97 bits per heavy atom. The van der Waals surface area contributed by atoms with Crippen molar-refractivity contribution in [1.29, 1.82) is 0 Å². The van der Waals surface area contributed by atoms with Gasteiger partial charge in [-0.05, 0) is 55.3 Å². The molecule has 0 aromatic heterocycles. The van der Waals surface area contributed by atoms with Crippen LogP contribution in [0.1, 0.15) is 32.3 Å². The Bertz CT molecular complexity index is 1020. The predicted molar refractivity (Wildman–Crippen MR) is 115 cm³/mol. The molecule has 1 aliphatic rings. The third-order valence-corrected chi connectivity index (χ3v) is 6.42. The van der Waals surface area contributed by atoms with Crippen LogP contribution in [0.5, 0.6) is 5.75 Å². The number of benzene rings is 2. The summed E-state index contributed by atoms with van der Waals surface area (Å²) in [6, 6.07) is 8.89. The number of ether oxygens (including phenoxy) is 1. The number of nitrogens with zero attached hydrogens (tertiary/aromatic N) is 1. The molecule has 9 heteroatoms. The first-order chi connectivity index (χ1) is 14.7. The van der Waals surface area contributed by atoms with Crippen molar-refractivity contribution in [2.45, 2.75) is 44.2 Å². The lowest BCUT2D eigenvalue weighted by Gasteiger charge is -2.28. The predicted octanol–water partition coefficient (Wildman–Crippen LogP) is 4.41. The van der Waals surface area contributed by atoms with Gasteiger partial charge in [0.2, 0.25) is 5.91 Å². The highest BCUT2D eigenvalue weighted by atomic mass is 35.5. The molecule has 1 fully saturated rings. The smallest absolute Gasteiger partial charge is 0.339 e. The summed E-state index contributed by atoms with van der Waals surface area (Å²) in [6.45, 7) is 4.79. The lowest BCUT2D eigenvalue weighted by Crippen LogP contribution is -2.39. The van der Waals surface area contributed by atoms with Crippen molar-refractivity contribution < 1.29 is 26.5 Å². The summed E-state index contributed by atoms with van der Waals surface area (Å²) in [4.78, 5) is 14.3. The van der Waals surface area contributed by atoms with E-state index in [1.807, 2.05) is 0 Å². The first-order valence-electron chi connectivity index (χ1n) is 10.0. The van der Waals surface area contributed by atoms with E-state index in [9.17, 15) is 17.6 Å². The second-order valence-electron chi connectivity index (χ2n) is 7.75. The molecule has 2 aromatic rings. The Morgan fingerprint density at radius 1 is 1.26 bits per heavy atom. The molecule has 0 saturated carbocycles. The van der Waals surface area contributed by atoms with E-state index in [1.54, 1.807) is 24.8 Å². The van der Waals surface area contributed by atoms with Crippen molar-refractivity contribution in [3.05, 3.63) is 58.9 Å². The SMILES string of the molecule is CC(C)C(=O)N(Cc1cc(Cl)ccc1OS(=O)(=O)c1ccc(F)cc1)C[C@H]1CCCO1. The Labute approximate surface area is 187 Å². The molecule has 0 spiro atoms. The van der Waals surface area contributed by atoms with Crippen molar-refractivity contribution in [3.63, 3.8) is 0 Å². The fraction of sp³-hybridized carbons (Fsp3) is 0.409. The minimum atomic E-state index is -4.20. The number of hydrogen-bond donors (Lipinski definition) is 0. The van der Waals surface area contributed by atoms with Crippen LogP contribution in [0, 0.1) is 11.7 Å². The number of carbonyl (C=O) groups is 1. The van der Waals surface area contributed by atoms with Crippen molar-refractivity contribution in [2.24, 2.45) is 5.92 Å². The van der Waals surface area contributed by atoms with Crippen molar-refractivity contribution >= 4 is 27.6 Å². The van der Waals surface area contributed by atoms with E-state index in [1.165, 1.54) is 12.1 Å². The molecule has 6 nitrogen and oxygen atoms in total. The zero-order valence-corrected chi connectivity index (χ0v) is 19.0. The summed E-state index contributed by atoms with van der Waals surface area (Å²) in [5.41, 5.74) is 0.449. The molecule has 1 atom stereocenters. The summed E-state index contributed by atoms with van der Waals surface area (Å²) in [7, 11) is -4.20. The molecule has 0 bridgehead atoms. The van der Waals surface area contributed by atoms with Crippen molar-refractivity contribution in [1.82, 2.24) is 4.90 Å². The lowest BCUT2D eigenvalue weighted by molar-refractivity contribution is -0.136. The van der Waals surface area contributed by atoms with Gasteiger partial charge in [0.15, 0.2) is 0 Å². The zero-order chi connectivity index (χ0) is 22.6. The van der Waals surface area contributed by atoms with Gasteiger partial charge in [-0.1, -0.05) is 25.4 Å². The molecule has 1 heterocycles. The lowest BCUT2D eigenvalue weighted by atomic mass is 10.1. The van der Waals surface area contributed by atoms with Gasteiger partial charge in [0.05, 0.1) is 6.10 Å². The number of amides is 1. The maximum absolute atomic E-state index is 13.2. The topological polar surface area (TPSA) is 72.9 Å². The van der Waals surface area contributed by atoms with Gasteiger partial charge in [-0.15, -0.1) is 0 Å². The van der Waals surface area contributed by atoms with Crippen LogP contribution in [-0.4, -0.2) is 38.5 Å². The highest BCUT2D eigenvalue weighted by Crippen LogP contribution is 2.28. The highest BCUT2D eigenvalue weighted by molar-refractivity contribution is 7.87. The van der Waals surface area contributed by atoms with Gasteiger partial charge in [-0.3, -0.25) is 4.79 Å². The van der Waals surface area contributed by atoms with Gasteiger partial charge in [0.25, 0.3) is 0 Å². The average molecular weight is 470 g/mol. The summed E-state index contributed by atoms with van der Waals surface area (Å²) in [5.74, 6) is -0.818. The van der Waals surface area contributed by atoms with E-state index >= 15 is 0 Å². The molecule has 0 aliphatic carbocycles. The van der Waals surface area contributed by atoms with E-state index in [0.717, 1.165) is 37.1 Å². The highest BCUT2D eigenvalue weighted by Gasteiger charge is 2.26. The first kappa shape index (κ1) is 23.5. The zero-order valence-electron chi connectivity index (χ0n) is 17.4. The molecule has 2 aromatic carbocycles. The molecule has 31 heavy (non-hydrogen) atoms. The molecule has 1 saturated heterocycles. The van der Waals surface area contributed by atoms with Gasteiger partial charge in [-0.2, -0.15) is 8.42 Å². The van der Waals surface area contributed by atoms with E-state index in [0.29, 0.717) is 23.7 Å². The molecular weight excluding hydrogens is 445 g/mol. The van der Waals surface area contributed by atoms with E-state index in [2.05, 4.69) is 0 Å². The Hall–Kier alpha value is -2.16. The average Bonchev–Trinajstić information content (AvgIpc) is 3.22. The third-order valence-electron chi connectivity index (χ3n) is 4.94. The minimum Gasteiger partial charge on any atom is -0.379 e. The van der Waals surface area contributed by atoms with E-state index < -0.39 is 15.9 Å². The Balaban J connectivity index is 1.88. The van der Waals surface area contributed by atoms with Crippen LogP contribution in [0.4, 0.5) is 4.39 Å². The van der Waals surface area contributed by atoms with Crippen LogP contribution < -0.4 is 4.18 Å². The van der Waals surface area contributed by atoms with E-state index in [-0.39, 0.29) is 35.1 Å². The maximum Gasteiger partial charge on any atom is 0.339 e. The van der Waals surface area contributed by atoms with Crippen LogP contribution >= 0.6 is 11.6 Å². The second kappa shape index (κ2) is 9.97. The molecular formula is C22H25ClFNO5S. The number of rotatable bonds is 8. The van der Waals surface area contributed by atoms with Gasteiger partial charge < -0.3 is 13.8 Å². The maximum atomic E-state index is 13.2. The monoisotopic (exact) mass is 469 g/mol. The summed E-state index contributed by atoms with van der Waals surface area (Å²) in [5, 5.41) is 0.385. The molecule has 1 amide bonds. The van der Waals surface area contributed by atoms with Gasteiger partial charge in [0.1, 0.15) is 16.5 Å². The molecule has 1 aliphatic heterocycles.